The Hall–Kier alpha value is -2.41. The number of benzene rings is 1. The summed E-state index contributed by atoms with van der Waals surface area (Å²) in [7, 11) is -2.87. The van der Waals surface area contributed by atoms with E-state index in [0.29, 0.717) is 48.6 Å². The molecule has 0 unspecified atom stereocenters. The van der Waals surface area contributed by atoms with Crippen LogP contribution in [0, 0.1) is 22.7 Å². The number of alkyl halides is 3. The van der Waals surface area contributed by atoms with Crippen molar-refractivity contribution in [2.75, 3.05) is 37.1 Å². The van der Waals surface area contributed by atoms with E-state index >= 15 is 0 Å². The molecular formula is C29H40BClF3N5O4Si. The first-order valence-electron chi connectivity index (χ1n) is 14.5. The van der Waals surface area contributed by atoms with Crippen molar-refractivity contribution in [3.63, 3.8) is 0 Å². The summed E-state index contributed by atoms with van der Waals surface area (Å²) in [6.45, 7) is 16.5. The third-order valence-electron chi connectivity index (χ3n) is 8.29. The lowest BCUT2D eigenvalue weighted by Crippen LogP contribution is -2.49. The molecule has 44 heavy (non-hydrogen) atoms. The average Bonchev–Trinajstić information content (AvgIpc) is 2.91. The molecule has 2 aliphatic heterocycles. The Morgan fingerprint density at radius 3 is 2.50 bits per heavy atom. The van der Waals surface area contributed by atoms with Gasteiger partial charge in [0.25, 0.3) is 0 Å². The Kier molecular flexibility index (Phi) is 10.3. The fourth-order valence-electron chi connectivity index (χ4n) is 4.56. The third-order valence-corrected chi connectivity index (χ3v) is 13.1. The SMILES string of the molecule is CC1(C)COB(c2c(Cl)cc(Nc3ncc(C(F)(F)F)c(N[C@@H]4COCC[C@H]4C#N)n3)cc2CO[Si](C)(C)C(C)(C)C)OC1. The summed E-state index contributed by atoms with van der Waals surface area (Å²) in [4.78, 5) is 8.11. The van der Waals surface area contributed by atoms with E-state index in [4.69, 9.17) is 30.1 Å². The van der Waals surface area contributed by atoms with Gasteiger partial charge in [-0.25, -0.2) is 4.98 Å². The highest BCUT2D eigenvalue weighted by atomic mass is 35.5. The first-order valence-corrected chi connectivity index (χ1v) is 17.8. The van der Waals surface area contributed by atoms with Gasteiger partial charge in [-0.3, -0.25) is 0 Å². The molecule has 4 rings (SSSR count). The van der Waals surface area contributed by atoms with Gasteiger partial charge >= 0.3 is 13.3 Å². The highest BCUT2D eigenvalue weighted by molar-refractivity contribution is 6.74. The molecule has 1 aromatic heterocycles. The lowest BCUT2D eigenvalue weighted by atomic mass is 9.73. The summed E-state index contributed by atoms with van der Waals surface area (Å²) in [5.41, 5.74) is 0.616. The summed E-state index contributed by atoms with van der Waals surface area (Å²) in [5.74, 6) is -1.06. The van der Waals surface area contributed by atoms with Crippen molar-refractivity contribution in [3.8, 4) is 6.07 Å². The van der Waals surface area contributed by atoms with Crippen LogP contribution in [0.4, 0.5) is 30.6 Å². The molecule has 15 heteroatoms. The van der Waals surface area contributed by atoms with E-state index in [1.165, 1.54) is 0 Å². The van der Waals surface area contributed by atoms with Crippen molar-refractivity contribution in [2.24, 2.45) is 11.3 Å². The van der Waals surface area contributed by atoms with Crippen LogP contribution in [-0.2, 0) is 31.3 Å². The number of nitriles is 1. The van der Waals surface area contributed by atoms with Crippen molar-refractivity contribution in [2.45, 2.75) is 78.0 Å². The van der Waals surface area contributed by atoms with Gasteiger partial charge in [-0.15, -0.1) is 0 Å². The summed E-state index contributed by atoms with van der Waals surface area (Å²) in [6.07, 6.45) is -3.60. The van der Waals surface area contributed by atoms with E-state index in [1.807, 2.05) is 13.8 Å². The number of ether oxygens (including phenoxy) is 1. The Labute approximate surface area is 263 Å². The Morgan fingerprint density at radius 1 is 1.20 bits per heavy atom. The van der Waals surface area contributed by atoms with Crippen LogP contribution in [0.1, 0.15) is 52.2 Å². The molecule has 2 aliphatic rings. The topological polar surface area (TPSA) is 111 Å². The van der Waals surface area contributed by atoms with Gasteiger partial charge in [-0.1, -0.05) is 46.2 Å². The van der Waals surface area contributed by atoms with Crippen LogP contribution < -0.4 is 16.1 Å². The van der Waals surface area contributed by atoms with Crippen LogP contribution in [0.2, 0.25) is 23.2 Å². The molecule has 1 aromatic carbocycles. The van der Waals surface area contributed by atoms with Crippen LogP contribution in [0.15, 0.2) is 18.3 Å². The molecule has 9 nitrogen and oxygen atoms in total. The second-order valence-corrected chi connectivity index (χ2v) is 18.8. The predicted molar refractivity (Wildman–Crippen MR) is 167 cm³/mol. The number of anilines is 3. The highest BCUT2D eigenvalue weighted by Gasteiger charge is 2.40. The van der Waals surface area contributed by atoms with Crippen molar-refractivity contribution < 1.29 is 31.6 Å². The minimum atomic E-state index is -4.72. The summed E-state index contributed by atoms with van der Waals surface area (Å²) < 4.78 is 65.7. The van der Waals surface area contributed by atoms with Crippen LogP contribution >= 0.6 is 11.6 Å². The summed E-state index contributed by atoms with van der Waals surface area (Å²) >= 11 is 6.83. The minimum absolute atomic E-state index is 0.0416. The van der Waals surface area contributed by atoms with E-state index in [2.05, 4.69) is 60.5 Å². The van der Waals surface area contributed by atoms with E-state index in [0.717, 1.165) is 5.56 Å². The summed E-state index contributed by atoms with van der Waals surface area (Å²) in [6, 6.07) is 4.91. The number of nitrogens with one attached hydrogen (secondary N) is 2. The molecular weight excluding hydrogens is 614 g/mol. The molecule has 240 valence electrons. The predicted octanol–water partition coefficient (Wildman–Crippen LogP) is 6.52. The maximum Gasteiger partial charge on any atom is 0.495 e. The quantitative estimate of drug-likeness (QED) is 0.308. The molecule has 2 N–H and O–H groups in total. The van der Waals surface area contributed by atoms with Gasteiger partial charge in [-0.2, -0.15) is 23.4 Å². The largest absolute Gasteiger partial charge is 0.495 e. The van der Waals surface area contributed by atoms with Crippen LogP contribution in [0.3, 0.4) is 0 Å². The lowest BCUT2D eigenvalue weighted by molar-refractivity contribution is -0.137. The first kappa shape index (κ1) is 34.5. The zero-order valence-corrected chi connectivity index (χ0v) is 27.9. The van der Waals surface area contributed by atoms with Crippen LogP contribution in [0.5, 0.6) is 0 Å². The van der Waals surface area contributed by atoms with Gasteiger partial charge in [0.1, 0.15) is 11.4 Å². The van der Waals surface area contributed by atoms with E-state index in [1.54, 1.807) is 12.1 Å². The Balaban J connectivity index is 1.67. The molecule has 0 spiro atoms. The number of hydrogen-bond acceptors (Lipinski definition) is 9. The molecule has 2 fully saturated rings. The fourth-order valence-corrected chi connectivity index (χ4v) is 5.84. The molecule has 0 saturated carbocycles. The number of nitrogens with zero attached hydrogens (tertiary/aromatic N) is 3. The average molecular weight is 654 g/mol. The van der Waals surface area contributed by atoms with E-state index in [9.17, 15) is 18.4 Å². The maximum absolute atomic E-state index is 13.9. The molecule has 2 aromatic rings. The molecule has 2 saturated heterocycles. The Morgan fingerprint density at radius 2 is 1.89 bits per heavy atom. The zero-order chi connectivity index (χ0) is 32.5. The second-order valence-electron chi connectivity index (χ2n) is 13.6. The van der Waals surface area contributed by atoms with E-state index in [-0.39, 0.29) is 29.6 Å². The van der Waals surface area contributed by atoms with Gasteiger partial charge in [0.2, 0.25) is 5.95 Å². The van der Waals surface area contributed by atoms with Gasteiger partial charge < -0.3 is 29.1 Å². The highest BCUT2D eigenvalue weighted by Crippen LogP contribution is 2.38. The molecule has 0 bridgehead atoms. The fraction of sp³-hybridized carbons (Fsp3) is 0.621. The smallest absolute Gasteiger partial charge is 0.413 e. The number of aromatic nitrogens is 2. The Bertz CT molecular complexity index is 1380. The van der Waals surface area contributed by atoms with Crippen LogP contribution in [-0.4, -0.2) is 57.9 Å². The minimum Gasteiger partial charge on any atom is -0.413 e. The number of halogens is 4. The van der Waals surface area contributed by atoms with Crippen molar-refractivity contribution in [3.05, 3.63) is 34.5 Å². The van der Waals surface area contributed by atoms with Crippen molar-refractivity contribution >= 4 is 50.0 Å². The standard InChI is InChI=1S/C29H40BClF3N5O4Si/c1-27(2,3)44(6,7)43-14-19-10-20(11-22(31)24(19)30-41-16-28(4,5)17-42-30)37-26-36-13-21(29(32,33)34)25(39-26)38-23-15-40-9-8-18(23)12-35/h10-11,13,18,23H,8-9,14-17H2,1-7H3,(H2,36,37,38,39)/t18-,23+/m0/s1. The van der Waals surface area contributed by atoms with Gasteiger partial charge in [0, 0.05) is 47.6 Å². The van der Waals surface area contributed by atoms with E-state index < -0.39 is 45.0 Å². The monoisotopic (exact) mass is 653 g/mol. The molecule has 2 atom stereocenters. The second kappa shape index (κ2) is 13.1. The summed E-state index contributed by atoms with van der Waals surface area (Å²) in [5, 5.41) is 15.6. The maximum atomic E-state index is 13.9. The van der Waals surface area contributed by atoms with Gasteiger partial charge in [-0.05, 0) is 42.2 Å². The molecule has 0 radical (unpaired) electrons. The molecule has 0 aliphatic carbocycles. The van der Waals surface area contributed by atoms with Crippen LogP contribution in [0.25, 0.3) is 0 Å². The van der Waals surface area contributed by atoms with Crippen molar-refractivity contribution in [1.29, 1.82) is 5.26 Å². The van der Waals surface area contributed by atoms with Crippen molar-refractivity contribution in [1.82, 2.24) is 9.97 Å². The normalized spacial score (nSPS) is 21.1. The third kappa shape index (κ3) is 8.24. The lowest BCUT2D eigenvalue weighted by Gasteiger charge is -2.37. The first-order chi connectivity index (χ1) is 20.4. The molecule has 0 amide bonds. The number of rotatable bonds is 8. The zero-order valence-electron chi connectivity index (χ0n) is 26.2. The van der Waals surface area contributed by atoms with Gasteiger partial charge in [0.15, 0.2) is 8.32 Å². The van der Waals surface area contributed by atoms with Gasteiger partial charge in [0.05, 0.1) is 31.2 Å². The molecule has 3 heterocycles. The number of hydrogen-bond donors (Lipinski definition) is 2.